The number of unbranched alkanes of at least 4 members (excludes halogenated alkanes) is 2. The van der Waals surface area contributed by atoms with Crippen LogP contribution < -0.4 is 0 Å². The van der Waals surface area contributed by atoms with Gasteiger partial charge in [-0.3, -0.25) is 0 Å². The summed E-state index contributed by atoms with van der Waals surface area (Å²) in [6.45, 7) is 6.14. The first-order valence-corrected chi connectivity index (χ1v) is 7.91. The molecule has 0 spiro atoms. The Hall–Kier alpha value is -0.600. The largest absolute Gasteiger partial charge is 0.353 e. The quantitative estimate of drug-likeness (QED) is 0.625. The summed E-state index contributed by atoms with van der Waals surface area (Å²) in [5.41, 5.74) is 3.00. The molecule has 108 valence electrons. The van der Waals surface area contributed by atoms with Gasteiger partial charge in [-0.15, -0.1) is 0 Å². The van der Waals surface area contributed by atoms with E-state index in [0.717, 1.165) is 19.6 Å². The Labute approximate surface area is 117 Å². The molecule has 1 fully saturated rings. The van der Waals surface area contributed by atoms with E-state index in [9.17, 15) is 0 Å². The van der Waals surface area contributed by atoms with Crippen LogP contribution in [0, 0.1) is 5.92 Å². The van der Waals surface area contributed by atoms with Crippen LogP contribution in [0.2, 0.25) is 0 Å². The van der Waals surface area contributed by atoms with Gasteiger partial charge in [0.1, 0.15) is 0 Å². The van der Waals surface area contributed by atoms with Crippen molar-refractivity contribution >= 4 is 0 Å². The third-order valence-corrected chi connectivity index (χ3v) is 4.21. The third kappa shape index (κ3) is 4.47. The van der Waals surface area contributed by atoms with Crippen LogP contribution >= 0.6 is 0 Å². The van der Waals surface area contributed by atoms with E-state index in [1.165, 1.54) is 44.1 Å². The van der Waals surface area contributed by atoms with Crippen LogP contribution in [0.4, 0.5) is 0 Å². The fourth-order valence-corrected chi connectivity index (χ4v) is 2.88. The van der Waals surface area contributed by atoms with Crippen LogP contribution in [-0.4, -0.2) is 19.5 Å². The second kappa shape index (κ2) is 7.86. The third-order valence-electron chi connectivity index (χ3n) is 4.21. The summed E-state index contributed by atoms with van der Waals surface area (Å²) in [4.78, 5) is 0. The molecule has 1 aliphatic heterocycles. The fourth-order valence-electron chi connectivity index (χ4n) is 2.88. The predicted molar refractivity (Wildman–Crippen MR) is 79.0 cm³/mol. The summed E-state index contributed by atoms with van der Waals surface area (Å²) in [5.74, 6) is 0.502. The summed E-state index contributed by atoms with van der Waals surface area (Å²) in [7, 11) is 0. The van der Waals surface area contributed by atoms with Crippen molar-refractivity contribution in [2.75, 3.05) is 13.2 Å². The molecule has 0 aromatic carbocycles. The highest BCUT2D eigenvalue weighted by Crippen LogP contribution is 2.31. The van der Waals surface area contributed by atoms with Gasteiger partial charge in [0, 0.05) is 12.5 Å². The van der Waals surface area contributed by atoms with E-state index in [4.69, 9.17) is 9.47 Å². The zero-order valence-corrected chi connectivity index (χ0v) is 12.5. The summed E-state index contributed by atoms with van der Waals surface area (Å²) in [6, 6.07) is 0. The Morgan fingerprint density at radius 1 is 1.26 bits per heavy atom. The molecule has 1 saturated heterocycles. The summed E-state index contributed by atoms with van der Waals surface area (Å²) >= 11 is 0. The maximum Gasteiger partial charge on any atom is 0.157 e. The molecule has 2 heteroatoms. The molecule has 1 heterocycles. The molecule has 0 amide bonds. The van der Waals surface area contributed by atoms with Gasteiger partial charge in [0.05, 0.1) is 6.61 Å². The molecule has 0 N–H and O–H groups in total. The highest BCUT2D eigenvalue weighted by Gasteiger charge is 2.22. The maximum atomic E-state index is 5.97. The molecule has 0 saturated carbocycles. The van der Waals surface area contributed by atoms with Gasteiger partial charge in [-0.2, -0.15) is 0 Å². The van der Waals surface area contributed by atoms with Crippen molar-refractivity contribution in [1.82, 2.24) is 0 Å². The lowest BCUT2D eigenvalue weighted by atomic mass is 9.93. The van der Waals surface area contributed by atoms with Crippen LogP contribution in [-0.2, 0) is 9.47 Å². The molecular weight excluding hydrogens is 236 g/mol. The van der Waals surface area contributed by atoms with Crippen molar-refractivity contribution < 1.29 is 9.47 Å². The van der Waals surface area contributed by atoms with Gasteiger partial charge in [-0.25, -0.2) is 0 Å². The normalized spacial score (nSPS) is 27.3. The Balaban J connectivity index is 1.76. The highest BCUT2D eigenvalue weighted by molar-refractivity contribution is 5.33. The molecule has 0 aromatic heterocycles. The number of hydrogen-bond donors (Lipinski definition) is 0. The van der Waals surface area contributed by atoms with Crippen LogP contribution in [0.5, 0.6) is 0 Å². The summed E-state index contributed by atoms with van der Waals surface area (Å²) in [5, 5.41) is 0. The van der Waals surface area contributed by atoms with E-state index in [-0.39, 0.29) is 6.29 Å². The van der Waals surface area contributed by atoms with E-state index < -0.39 is 0 Å². The van der Waals surface area contributed by atoms with E-state index in [1.807, 2.05) is 0 Å². The average Bonchev–Trinajstić information content (AvgIpc) is 2.79. The number of allylic oxidation sites excluding steroid dienone is 2. The standard InChI is InChI=1S/C17H28O2/c1-3-4-5-8-15-11-10-14(2)16(15)13-19-17-9-6-7-12-18-17/h10-11,16-17H,3-9,12-13H2,1-2H3. The summed E-state index contributed by atoms with van der Waals surface area (Å²) in [6.07, 6.45) is 13.2. The molecule has 2 atom stereocenters. The maximum absolute atomic E-state index is 5.97. The van der Waals surface area contributed by atoms with E-state index >= 15 is 0 Å². The van der Waals surface area contributed by atoms with Crippen molar-refractivity contribution in [2.24, 2.45) is 5.92 Å². The molecule has 0 bridgehead atoms. The van der Waals surface area contributed by atoms with Gasteiger partial charge in [0.2, 0.25) is 0 Å². The molecule has 2 unspecified atom stereocenters. The van der Waals surface area contributed by atoms with Gasteiger partial charge in [-0.1, -0.05) is 43.1 Å². The Kier molecular flexibility index (Phi) is 6.12. The van der Waals surface area contributed by atoms with Crippen LogP contribution in [0.15, 0.2) is 23.3 Å². The van der Waals surface area contributed by atoms with E-state index in [1.54, 1.807) is 5.57 Å². The molecule has 2 rings (SSSR count). The first-order chi connectivity index (χ1) is 9.31. The lowest BCUT2D eigenvalue weighted by molar-refractivity contribution is -0.165. The smallest absolute Gasteiger partial charge is 0.157 e. The van der Waals surface area contributed by atoms with Crippen LogP contribution in [0.1, 0.15) is 58.8 Å². The van der Waals surface area contributed by atoms with Crippen molar-refractivity contribution in [2.45, 2.75) is 65.1 Å². The second-order valence-corrected chi connectivity index (χ2v) is 5.79. The Bertz CT molecular complexity index is 324. The van der Waals surface area contributed by atoms with Gasteiger partial charge < -0.3 is 9.47 Å². The SMILES string of the molecule is CCCCCC1=CC=C(C)C1COC1CCCCO1. The van der Waals surface area contributed by atoms with Gasteiger partial charge in [-0.05, 0) is 39.0 Å². The number of hydrogen-bond acceptors (Lipinski definition) is 2. The molecular formula is C17H28O2. The van der Waals surface area contributed by atoms with Crippen LogP contribution in [0.3, 0.4) is 0 Å². The minimum Gasteiger partial charge on any atom is -0.353 e. The van der Waals surface area contributed by atoms with E-state index in [2.05, 4.69) is 26.0 Å². The minimum absolute atomic E-state index is 0.0408. The monoisotopic (exact) mass is 264 g/mol. The molecule has 0 radical (unpaired) electrons. The fraction of sp³-hybridized carbons (Fsp3) is 0.765. The number of ether oxygens (including phenoxy) is 2. The van der Waals surface area contributed by atoms with Gasteiger partial charge in [0.25, 0.3) is 0 Å². The first-order valence-electron chi connectivity index (χ1n) is 7.91. The zero-order valence-electron chi connectivity index (χ0n) is 12.5. The van der Waals surface area contributed by atoms with Gasteiger partial charge in [0.15, 0.2) is 6.29 Å². The lowest BCUT2D eigenvalue weighted by Gasteiger charge is -2.25. The second-order valence-electron chi connectivity index (χ2n) is 5.79. The molecule has 2 aliphatic rings. The van der Waals surface area contributed by atoms with Crippen molar-refractivity contribution in [3.8, 4) is 0 Å². The van der Waals surface area contributed by atoms with E-state index in [0.29, 0.717) is 5.92 Å². The first kappa shape index (κ1) is 14.8. The predicted octanol–water partition coefficient (Wildman–Crippen LogP) is 4.61. The minimum atomic E-state index is 0.0408. The topological polar surface area (TPSA) is 18.5 Å². The number of rotatable bonds is 7. The van der Waals surface area contributed by atoms with Crippen LogP contribution in [0.25, 0.3) is 0 Å². The molecule has 2 nitrogen and oxygen atoms in total. The molecule has 19 heavy (non-hydrogen) atoms. The highest BCUT2D eigenvalue weighted by atomic mass is 16.7. The Morgan fingerprint density at radius 3 is 2.89 bits per heavy atom. The molecule has 1 aliphatic carbocycles. The average molecular weight is 264 g/mol. The van der Waals surface area contributed by atoms with Crippen molar-refractivity contribution in [3.63, 3.8) is 0 Å². The van der Waals surface area contributed by atoms with Crippen molar-refractivity contribution in [3.05, 3.63) is 23.3 Å². The van der Waals surface area contributed by atoms with Gasteiger partial charge >= 0.3 is 0 Å². The Morgan fingerprint density at radius 2 is 2.16 bits per heavy atom. The summed E-state index contributed by atoms with van der Waals surface area (Å²) < 4.78 is 11.6. The zero-order chi connectivity index (χ0) is 13.5. The van der Waals surface area contributed by atoms with Crippen molar-refractivity contribution in [1.29, 1.82) is 0 Å². The lowest BCUT2D eigenvalue weighted by Crippen LogP contribution is -2.25. The molecule has 0 aromatic rings.